The van der Waals surface area contributed by atoms with Crippen molar-refractivity contribution in [3.05, 3.63) is 62.3 Å². The second-order valence-corrected chi connectivity index (χ2v) is 7.28. The molecular formula is C18H17BrClN3. The Morgan fingerprint density at radius 2 is 1.91 bits per heavy atom. The van der Waals surface area contributed by atoms with Gasteiger partial charge in [0, 0.05) is 41.9 Å². The van der Waals surface area contributed by atoms with E-state index in [1.165, 1.54) is 11.1 Å². The minimum atomic E-state index is 0.169. The van der Waals surface area contributed by atoms with E-state index < -0.39 is 0 Å². The predicted octanol–water partition coefficient (Wildman–Crippen LogP) is 3.98. The Morgan fingerprint density at radius 3 is 2.74 bits per heavy atom. The molecule has 4 rings (SSSR count). The largest absolute Gasteiger partial charge is 0.314 e. The van der Waals surface area contributed by atoms with Gasteiger partial charge in [-0.05, 0) is 50.8 Å². The van der Waals surface area contributed by atoms with Crippen LogP contribution in [0.15, 0.2) is 34.9 Å². The molecule has 3 nitrogen and oxygen atoms in total. The van der Waals surface area contributed by atoms with Crippen molar-refractivity contribution in [1.82, 2.24) is 15.2 Å². The first kappa shape index (κ1) is 15.3. The summed E-state index contributed by atoms with van der Waals surface area (Å²) in [5.74, 6) is 0. The molecule has 1 saturated heterocycles. The molecule has 118 valence electrons. The molecule has 0 saturated carbocycles. The molecule has 1 aliphatic carbocycles. The molecule has 1 atom stereocenters. The van der Waals surface area contributed by atoms with Gasteiger partial charge in [0.25, 0.3) is 0 Å². The number of pyridine rings is 1. The highest BCUT2D eigenvalue weighted by Gasteiger charge is 2.29. The number of nitrogens with zero attached hydrogens (tertiary/aromatic N) is 2. The third kappa shape index (κ3) is 2.96. The molecule has 0 bridgehead atoms. The highest BCUT2D eigenvalue weighted by atomic mass is 79.9. The molecule has 5 heteroatoms. The fourth-order valence-corrected chi connectivity index (χ4v) is 3.93. The van der Waals surface area contributed by atoms with Gasteiger partial charge >= 0.3 is 0 Å². The maximum atomic E-state index is 6.22. The molecule has 1 fully saturated rings. The molecule has 1 aliphatic heterocycles. The number of fused-ring (bicyclic) bond motifs is 2. The van der Waals surface area contributed by atoms with Crippen molar-refractivity contribution in [3.63, 3.8) is 0 Å². The van der Waals surface area contributed by atoms with Crippen molar-refractivity contribution in [1.29, 1.82) is 0 Å². The van der Waals surface area contributed by atoms with Crippen molar-refractivity contribution < 1.29 is 0 Å². The monoisotopic (exact) mass is 389 g/mol. The summed E-state index contributed by atoms with van der Waals surface area (Å²) in [6.07, 6.45) is 6.18. The standard InChI is InChI=1S/C18H17BrClN3/c19-14-9-13-2-1-12-10-15(20)3-4-16(12)18(17(13)22-11-14)23-7-5-21-6-8-23/h1-4,9-11,18,21H,5-8H2. The Balaban J connectivity index is 1.90. The van der Waals surface area contributed by atoms with Crippen molar-refractivity contribution in [2.45, 2.75) is 6.04 Å². The van der Waals surface area contributed by atoms with Crippen LogP contribution in [0.5, 0.6) is 0 Å². The number of hydrogen-bond donors (Lipinski definition) is 1. The molecule has 2 heterocycles. The second-order valence-electron chi connectivity index (χ2n) is 5.92. The van der Waals surface area contributed by atoms with Crippen LogP contribution in [0, 0.1) is 0 Å². The number of rotatable bonds is 1. The molecule has 1 aromatic heterocycles. The van der Waals surface area contributed by atoms with Gasteiger partial charge in [0.1, 0.15) is 0 Å². The van der Waals surface area contributed by atoms with Gasteiger partial charge in [0.15, 0.2) is 0 Å². The van der Waals surface area contributed by atoms with Crippen molar-refractivity contribution in [2.24, 2.45) is 0 Å². The first-order valence-corrected chi connectivity index (χ1v) is 8.97. The summed E-state index contributed by atoms with van der Waals surface area (Å²) < 4.78 is 1.00. The number of benzene rings is 1. The third-order valence-corrected chi connectivity index (χ3v) is 5.15. The van der Waals surface area contributed by atoms with Gasteiger partial charge in [-0.2, -0.15) is 0 Å². The quantitative estimate of drug-likeness (QED) is 0.798. The molecule has 23 heavy (non-hydrogen) atoms. The molecule has 0 amide bonds. The van der Waals surface area contributed by atoms with Crippen LogP contribution in [0.1, 0.15) is 28.4 Å². The van der Waals surface area contributed by atoms with Gasteiger partial charge in [0.05, 0.1) is 11.7 Å². The topological polar surface area (TPSA) is 28.2 Å². The number of halogens is 2. The minimum absolute atomic E-state index is 0.169. The Kier molecular flexibility index (Phi) is 4.24. The summed E-state index contributed by atoms with van der Waals surface area (Å²) in [6, 6.07) is 8.48. The smallest absolute Gasteiger partial charge is 0.0789 e. The van der Waals surface area contributed by atoms with Crippen LogP contribution >= 0.6 is 27.5 Å². The highest BCUT2D eigenvalue weighted by molar-refractivity contribution is 9.10. The van der Waals surface area contributed by atoms with Gasteiger partial charge in [-0.15, -0.1) is 0 Å². The molecule has 1 unspecified atom stereocenters. The molecule has 0 spiro atoms. The Hall–Kier alpha value is -1.20. The van der Waals surface area contributed by atoms with Crippen molar-refractivity contribution >= 4 is 39.7 Å². The highest BCUT2D eigenvalue weighted by Crippen LogP contribution is 2.37. The lowest BCUT2D eigenvalue weighted by atomic mass is 9.96. The summed E-state index contributed by atoms with van der Waals surface area (Å²) in [5, 5.41) is 4.20. The van der Waals surface area contributed by atoms with Gasteiger partial charge in [-0.3, -0.25) is 9.88 Å². The van der Waals surface area contributed by atoms with E-state index in [1.54, 1.807) is 0 Å². The van der Waals surface area contributed by atoms with Crippen molar-refractivity contribution in [2.75, 3.05) is 26.2 Å². The van der Waals surface area contributed by atoms with E-state index in [0.717, 1.165) is 46.9 Å². The van der Waals surface area contributed by atoms with Crippen LogP contribution in [0.4, 0.5) is 0 Å². The Bertz CT molecular complexity index is 713. The first-order valence-electron chi connectivity index (χ1n) is 7.80. The van der Waals surface area contributed by atoms with Gasteiger partial charge in [0.2, 0.25) is 0 Å². The van der Waals surface area contributed by atoms with Crippen LogP contribution in [0.2, 0.25) is 5.02 Å². The molecule has 1 aromatic carbocycles. The fourth-order valence-electron chi connectivity index (χ4n) is 3.40. The molecule has 0 radical (unpaired) electrons. The maximum Gasteiger partial charge on any atom is 0.0789 e. The summed E-state index contributed by atoms with van der Waals surface area (Å²) in [4.78, 5) is 7.27. The summed E-state index contributed by atoms with van der Waals surface area (Å²) in [6.45, 7) is 4.06. The van der Waals surface area contributed by atoms with E-state index in [2.05, 4.69) is 50.4 Å². The zero-order valence-electron chi connectivity index (χ0n) is 12.6. The fraction of sp³-hybridized carbons (Fsp3) is 0.278. The SMILES string of the molecule is Clc1ccc2c(c1)C=Cc1cc(Br)cnc1C2N1CCNCC1. The molecule has 1 N–H and O–H groups in total. The van der Waals surface area contributed by atoms with E-state index in [0.29, 0.717) is 0 Å². The number of piperazine rings is 1. The number of nitrogens with one attached hydrogen (secondary N) is 1. The van der Waals surface area contributed by atoms with Gasteiger partial charge in [-0.1, -0.05) is 29.8 Å². The second kappa shape index (κ2) is 6.36. The zero-order chi connectivity index (χ0) is 15.8. The van der Waals surface area contributed by atoms with E-state index in [1.807, 2.05) is 18.3 Å². The number of hydrogen-bond acceptors (Lipinski definition) is 3. The summed E-state index contributed by atoms with van der Waals surface area (Å²) in [5.41, 5.74) is 4.74. The summed E-state index contributed by atoms with van der Waals surface area (Å²) in [7, 11) is 0. The normalized spacial score (nSPS) is 20.7. The lowest BCUT2D eigenvalue weighted by Gasteiger charge is -2.35. The molecular weight excluding hydrogens is 374 g/mol. The average molecular weight is 391 g/mol. The van der Waals surface area contributed by atoms with Crippen LogP contribution in [-0.2, 0) is 0 Å². The van der Waals surface area contributed by atoms with Crippen LogP contribution in [-0.4, -0.2) is 36.1 Å². The van der Waals surface area contributed by atoms with Crippen molar-refractivity contribution in [3.8, 4) is 0 Å². The Morgan fingerprint density at radius 1 is 1.13 bits per heavy atom. The first-order chi connectivity index (χ1) is 11.2. The Labute approximate surface area is 149 Å². The van der Waals surface area contributed by atoms with Crippen LogP contribution in [0.25, 0.3) is 12.2 Å². The predicted molar refractivity (Wildman–Crippen MR) is 98.6 cm³/mol. The molecule has 2 aliphatic rings. The lowest BCUT2D eigenvalue weighted by molar-refractivity contribution is 0.195. The van der Waals surface area contributed by atoms with Crippen LogP contribution < -0.4 is 5.32 Å². The minimum Gasteiger partial charge on any atom is -0.314 e. The van der Waals surface area contributed by atoms with E-state index in [4.69, 9.17) is 16.6 Å². The van der Waals surface area contributed by atoms with Gasteiger partial charge < -0.3 is 5.32 Å². The molecule has 2 aromatic rings. The van der Waals surface area contributed by atoms with E-state index in [-0.39, 0.29) is 6.04 Å². The lowest BCUT2D eigenvalue weighted by Crippen LogP contribution is -2.45. The summed E-state index contributed by atoms with van der Waals surface area (Å²) >= 11 is 9.76. The van der Waals surface area contributed by atoms with E-state index in [9.17, 15) is 0 Å². The zero-order valence-corrected chi connectivity index (χ0v) is 14.9. The maximum absolute atomic E-state index is 6.22. The average Bonchev–Trinajstić information content (AvgIpc) is 2.72. The third-order valence-electron chi connectivity index (χ3n) is 4.48. The van der Waals surface area contributed by atoms with Gasteiger partial charge in [-0.25, -0.2) is 0 Å². The van der Waals surface area contributed by atoms with Crippen LogP contribution in [0.3, 0.4) is 0 Å². The number of aromatic nitrogens is 1. The van der Waals surface area contributed by atoms with E-state index >= 15 is 0 Å².